The minimum absolute atomic E-state index is 0.214. The number of hydrogen-bond donors (Lipinski definition) is 1. The molecule has 6 atom stereocenters. The fraction of sp³-hybridized carbons (Fsp3) is 0.483. The summed E-state index contributed by atoms with van der Waals surface area (Å²) in [5.41, 5.74) is 2.26. The van der Waals surface area contributed by atoms with Gasteiger partial charge in [0.2, 0.25) is 0 Å². The molecule has 1 N–H and O–H groups in total. The fourth-order valence-corrected chi connectivity index (χ4v) is 8.54. The molecule has 6 aliphatic rings. The van der Waals surface area contributed by atoms with Crippen molar-refractivity contribution in [1.29, 1.82) is 0 Å². The lowest BCUT2D eigenvalue weighted by Crippen LogP contribution is -2.79. The Morgan fingerprint density at radius 2 is 2.00 bits per heavy atom. The van der Waals surface area contributed by atoms with Gasteiger partial charge in [-0.2, -0.15) is 0 Å². The van der Waals surface area contributed by atoms with Gasteiger partial charge in [-0.15, -0.1) is 0 Å². The van der Waals surface area contributed by atoms with Gasteiger partial charge in [0.25, 0.3) is 0 Å². The molecule has 2 fully saturated rings. The number of likely N-dealkylation sites (tertiary alicyclic amines) is 1. The van der Waals surface area contributed by atoms with Gasteiger partial charge in [-0.1, -0.05) is 48.6 Å². The van der Waals surface area contributed by atoms with Gasteiger partial charge in [0.05, 0.1) is 18.4 Å². The van der Waals surface area contributed by atoms with Crippen molar-refractivity contribution >= 4 is 5.97 Å². The maximum Gasteiger partial charge on any atom is 0.309 e. The smallest absolute Gasteiger partial charge is 0.309 e. The molecule has 1 unspecified atom stereocenters. The van der Waals surface area contributed by atoms with Gasteiger partial charge in [0.1, 0.15) is 11.7 Å². The number of nitrogens with zero attached hydrogens (tertiary/aromatic N) is 1. The average molecular weight is 474 g/mol. The SMILES string of the molecule is COc1ccc2c3c1OC1[C@@]4(OC)C=C[C@@]5(C[C@@H]4C(=O)O)[C@@H](C2)N(CCc2ccccc2)CC[C@]315. The van der Waals surface area contributed by atoms with Crippen LogP contribution in [0.15, 0.2) is 54.6 Å². The minimum Gasteiger partial charge on any atom is -0.493 e. The largest absolute Gasteiger partial charge is 0.493 e. The van der Waals surface area contributed by atoms with Crippen LogP contribution in [-0.4, -0.2) is 61.0 Å². The number of carboxylic acid groups (broad SMARTS) is 1. The van der Waals surface area contributed by atoms with E-state index in [2.05, 4.69) is 47.4 Å². The highest BCUT2D eigenvalue weighted by molar-refractivity contribution is 5.76. The molecule has 1 saturated carbocycles. The lowest BCUT2D eigenvalue weighted by Gasteiger charge is -2.70. The number of ether oxygens (including phenoxy) is 3. The van der Waals surface area contributed by atoms with Crippen LogP contribution in [0.2, 0.25) is 0 Å². The predicted octanol–water partition coefficient (Wildman–Crippen LogP) is 3.61. The van der Waals surface area contributed by atoms with E-state index in [1.165, 1.54) is 16.7 Å². The summed E-state index contributed by atoms with van der Waals surface area (Å²) in [6.45, 7) is 1.91. The van der Waals surface area contributed by atoms with Gasteiger partial charge < -0.3 is 19.3 Å². The van der Waals surface area contributed by atoms with Gasteiger partial charge in [0, 0.05) is 30.7 Å². The molecule has 2 spiro atoms. The fourth-order valence-electron chi connectivity index (χ4n) is 8.54. The third kappa shape index (κ3) is 2.40. The molecule has 2 aromatic rings. The normalized spacial score (nSPS) is 37.6. The second-order valence-corrected chi connectivity index (χ2v) is 10.9. The number of methoxy groups -OCH3 is 2. The van der Waals surface area contributed by atoms with Crippen molar-refractivity contribution in [2.24, 2.45) is 11.3 Å². The van der Waals surface area contributed by atoms with E-state index in [0.717, 1.165) is 43.9 Å². The van der Waals surface area contributed by atoms with E-state index < -0.39 is 17.5 Å². The first-order valence-corrected chi connectivity index (χ1v) is 12.6. The Labute approximate surface area is 205 Å². The molecule has 0 amide bonds. The van der Waals surface area contributed by atoms with E-state index in [1.807, 2.05) is 12.1 Å². The third-order valence-electron chi connectivity index (χ3n) is 9.95. The van der Waals surface area contributed by atoms with Crippen molar-refractivity contribution < 1.29 is 24.1 Å². The molecular formula is C29H31NO5. The summed E-state index contributed by atoms with van der Waals surface area (Å²) < 4.78 is 18.7. The van der Waals surface area contributed by atoms with Gasteiger partial charge in [0.15, 0.2) is 11.5 Å². The van der Waals surface area contributed by atoms with E-state index in [0.29, 0.717) is 6.42 Å². The van der Waals surface area contributed by atoms with Crippen LogP contribution in [0.1, 0.15) is 29.5 Å². The zero-order valence-corrected chi connectivity index (χ0v) is 20.2. The van der Waals surface area contributed by atoms with Crippen LogP contribution in [0.3, 0.4) is 0 Å². The van der Waals surface area contributed by atoms with Crippen molar-refractivity contribution in [2.75, 3.05) is 27.3 Å². The van der Waals surface area contributed by atoms with E-state index in [1.54, 1.807) is 14.2 Å². The summed E-state index contributed by atoms with van der Waals surface area (Å²) >= 11 is 0. The highest BCUT2D eigenvalue weighted by Gasteiger charge is 2.80. The summed E-state index contributed by atoms with van der Waals surface area (Å²) in [5.74, 6) is 0.0580. The van der Waals surface area contributed by atoms with Crippen molar-refractivity contribution in [3.8, 4) is 11.5 Å². The quantitative estimate of drug-likeness (QED) is 0.647. The lowest BCUT2D eigenvalue weighted by atomic mass is 9.37. The molecule has 0 radical (unpaired) electrons. The Hall–Kier alpha value is -2.83. The van der Waals surface area contributed by atoms with Crippen molar-refractivity contribution in [3.05, 3.63) is 71.3 Å². The summed E-state index contributed by atoms with van der Waals surface area (Å²) in [4.78, 5) is 15.3. The predicted molar refractivity (Wildman–Crippen MR) is 130 cm³/mol. The monoisotopic (exact) mass is 473 g/mol. The van der Waals surface area contributed by atoms with Crippen molar-refractivity contribution in [1.82, 2.24) is 4.90 Å². The topological polar surface area (TPSA) is 68.2 Å². The molecule has 4 bridgehead atoms. The number of fused-ring (bicyclic) bond motifs is 1. The van der Waals surface area contributed by atoms with Gasteiger partial charge >= 0.3 is 5.97 Å². The van der Waals surface area contributed by atoms with E-state index >= 15 is 0 Å². The van der Waals surface area contributed by atoms with E-state index in [-0.39, 0.29) is 23.0 Å². The third-order valence-corrected chi connectivity index (χ3v) is 9.95. The van der Waals surface area contributed by atoms with Crippen molar-refractivity contribution in [3.63, 3.8) is 0 Å². The maximum absolute atomic E-state index is 12.7. The van der Waals surface area contributed by atoms with Crippen LogP contribution in [0, 0.1) is 11.3 Å². The molecule has 6 heteroatoms. The number of rotatable bonds is 6. The number of benzene rings is 2. The Balaban J connectivity index is 1.40. The summed E-state index contributed by atoms with van der Waals surface area (Å²) in [7, 11) is 3.31. The van der Waals surface area contributed by atoms with Crippen LogP contribution in [0.25, 0.3) is 0 Å². The number of carbonyl (C=O) groups is 1. The molecule has 1 saturated heterocycles. The van der Waals surface area contributed by atoms with Gasteiger partial charge in [-0.25, -0.2) is 0 Å². The Kier molecular flexibility index (Phi) is 4.36. The van der Waals surface area contributed by atoms with Gasteiger partial charge in [-0.3, -0.25) is 9.69 Å². The number of piperidine rings is 1. The number of hydrogen-bond acceptors (Lipinski definition) is 5. The Morgan fingerprint density at radius 1 is 1.17 bits per heavy atom. The van der Waals surface area contributed by atoms with E-state index in [4.69, 9.17) is 14.2 Å². The second-order valence-electron chi connectivity index (χ2n) is 10.9. The summed E-state index contributed by atoms with van der Waals surface area (Å²) in [6, 6.07) is 15.0. The lowest BCUT2D eigenvalue weighted by molar-refractivity contribution is -0.221. The molecule has 6 nitrogen and oxygen atoms in total. The molecule has 2 aliphatic heterocycles. The van der Waals surface area contributed by atoms with Crippen LogP contribution >= 0.6 is 0 Å². The molecule has 4 aliphatic carbocycles. The van der Waals surface area contributed by atoms with Crippen LogP contribution in [0.5, 0.6) is 11.5 Å². The number of aliphatic carboxylic acids is 1. The standard InChI is InChI=1S/C29H31NO5/c1-33-21-9-8-19-16-22-27-11-12-29(34-2,20(17-27)25(31)32)26-28(27,23(19)24(21)35-26)13-15-30(22)14-10-18-6-4-3-5-7-18/h3-9,11-12,20,22,26H,10,13-17H2,1-2H3,(H,31,32)/t20-,22-,26?,27-,28+,29-/m1/s1. The first-order valence-electron chi connectivity index (χ1n) is 12.6. The van der Waals surface area contributed by atoms with Crippen LogP contribution in [-0.2, 0) is 27.8 Å². The van der Waals surface area contributed by atoms with E-state index in [9.17, 15) is 9.90 Å². The number of carboxylic acids is 1. The zero-order valence-electron chi connectivity index (χ0n) is 20.2. The molecular weight excluding hydrogens is 442 g/mol. The Morgan fingerprint density at radius 3 is 2.74 bits per heavy atom. The zero-order chi connectivity index (χ0) is 24.0. The van der Waals surface area contributed by atoms with Gasteiger partial charge in [-0.05, 0) is 49.4 Å². The molecule has 2 heterocycles. The average Bonchev–Trinajstić information content (AvgIpc) is 3.25. The second kappa shape index (κ2) is 7.11. The minimum atomic E-state index is -0.997. The highest BCUT2D eigenvalue weighted by Crippen LogP contribution is 2.74. The molecule has 8 rings (SSSR count). The molecule has 35 heavy (non-hydrogen) atoms. The first-order chi connectivity index (χ1) is 17.0. The molecule has 182 valence electrons. The van der Waals surface area contributed by atoms with Crippen LogP contribution in [0.4, 0.5) is 0 Å². The molecule has 0 aromatic heterocycles. The molecule has 2 aromatic carbocycles. The maximum atomic E-state index is 12.7. The summed E-state index contributed by atoms with van der Waals surface area (Å²) in [5, 5.41) is 10.4. The van der Waals surface area contributed by atoms with Crippen molar-refractivity contribution in [2.45, 2.75) is 48.8 Å². The highest BCUT2D eigenvalue weighted by atomic mass is 16.6. The Bertz CT molecular complexity index is 1240. The first kappa shape index (κ1) is 21.5. The summed E-state index contributed by atoms with van der Waals surface area (Å²) in [6.07, 6.45) is 7.32. The van der Waals surface area contributed by atoms with Crippen LogP contribution < -0.4 is 9.47 Å².